The fraction of sp³-hybridized carbons (Fsp3) is 0.0909. The second-order valence-corrected chi connectivity index (χ2v) is 3.16. The first-order valence-corrected chi connectivity index (χ1v) is 4.68. The van der Waals surface area contributed by atoms with Gasteiger partial charge < -0.3 is 5.32 Å². The highest BCUT2D eigenvalue weighted by molar-refractivity contribution is 5.60. The summed E-state index contributed by atoms with van der Waals surface area (Å²) in [5.74, 6) is -1.23. The van der Waals surface area contributed by atoms with Crippen LogP contribution in [0.15, 0.2) is 30.3 Å². The van der Waals surface area contributed by atoms with E-state index in [0.29, 0.717) is 11.5 Å². The number of benzene rings is 1. The molecule has 0 saturated carbocycles. The van der Waals surface area contributed by atoms with Crippen molar-refractivity contribution in [2.24, 2.45) is 0 Å². The number of hydrogen-bond acceptors (Lipinski definition) is 3. The molecular weight excluding hydrogens is 212 g/mol. The monoisotopic (exact) mass is 221 g/mol. The summed E-state index contributed by atoms with van der Waals surface area (Å²) in [6.07, 6.45) is 0. The molecule has 5 heteroatoms. The van der Waals surface area contributed by atoms with E-state index in [1.165, 1.54) is 12.1 Å². The van der Waals surface area contributed by atoms with Crippen molar-refractivity contribution in [1.29, 1.82) is 0 Å². The van der Waals surface area contributed by atoms with Gasteiger partial charge in [-0.25, -0.2) is 8.78 Å². The van der Waals surface area contributed by atoms with Crippen LogP contribution in [0.2, 0.25) is 0 Å². The van der Waals surface area contributed by atoms with Crippen LogP contribution in [0.5, 0.6) is 0 Å². The van der Waals surface area contributed by atoms with E-state index in [9.17, 15) is 8.78 Å². The Kier molecular flexibility index (Phi) is 2.76. The van der Waals surface area contributed by atoms with Gasteiger partial charge in [-0.15, -0.1) is 10.2 Å². The third kappa shape index (κ3) is 1.84. The molecule has 0 unspecified atom stereocenters. The summed E-state index contributed by atoms with van der Waals surface area (Å²) in [5.41, 5.74) is 0.408. The summed E-state index contributed by atoms with van der Waals surface area (Å²) in [6, 6.07) is 7.18. The molecule has 0 aliphatic heterocycles. The van der Waals surface area contributed by atoms with Crippen LogP contribution in [0.4, 0.5) is 14.6 Å². The minimum Gasteiger partial charge on any atom is -0.372 e. The zero-order valence-electron chi connectivity index (χ0n) is 8.54. The van der Waals surface area contributed by atoms with Crippen LogP contribution < -0.4 is 5.32 Å². The summed E-state index contributed by atoms with van der Waals surface area (Å²) >= 11 is 0. The van der Waals surface area contributed by atoms with E-state index < -0.39 is 11.6 Å². The fourth-order valence-electron chi connectivity index (χ4n) is 1.31. The average molecular weight is 221 g/mol. The molecule has 0 atom stereocenters. The molecule has 0 spiro atoms. The summed E-state index contributed by atoms with van der Waals surface area (Å²) < 4.78 is 26.4. The minimum atomic E-state index is -0.908. The lowest BCUT2D eigenvalue weighted by Crippen LogP contribution is -1.97. The van der Waals surface area contributed by atoms with E-state index in [2.05, 4.69) is 15.5 Å². The Morgan fingerprint density at radius 2 is 1.88 bits per heavy atom. The van der Waals surface area contributed by atoms with Crippen LogP contribution in [0.3, 0.4) is 0 Å². The second-order valence-electron chi connectivity index (χ2n) is 3.16. The molecule has 0 fully saturated rings. The van der Waals surface area contributed by atoms with Crippen LogP contribution in [0.25, 0.3) is 11.3 Å². The molecule has 1 aromatic heterocycles. The molecule has 3 nitrogen and oxygen atoms in total. The largest absolute Gasteiger partial charge is 0.372 e. The van der Waals surface area contributed by atoms with E-state index in [4.69, 9.17) is 0 Å². The van der Waals surface area contributed by atoms with Gasteiger partial charge in [0.05, 0.1) is 5.69 Å². The maximum Gasteiger partial charge on any atom is 0.168 e. The minimum absolute atomic E-state index is 0.107. The molecule has 0 amide bonds. The third-order valence-electron chi connectivity index (χ3n) is 2.15. The number of rotatable bonds is 2. The lowest BCUT2D eigenvalue weighted by atomic mass is 10.1. The maximum atomic E-state index is 13.4. The molecule has 2 aromatic rings. The van der Waals surface area contributed by atoms with Gasteiger partial charge >= 0.3 is 0 Å². The highest BCUT2D eigenvalue weighted by Crippen LogP contribution is 2.22. The number of anilines is 1. The van der Waals surface area contributed by atoms with E-state index in [0.717, 1.165) is 6.07 Å². The van der Waals surface area contributed by atoms with Crippen molar-refractivity contribution in [3.05, 3.63) is 42.0 Å². The number of nitrogens with one attached hydrogen (secondary N) is 1. The van der Waals surface area contributed by atoms with Gasteiger partial charge in [0, 0.05) is 12.6 Å². The van der Waals surface area contributed by atoms with Crippen molar-refractivity contribution in [3.63, 3.8) is 0 Å². The van der Waals surface area contributed by atoms with E-state index in [1.54, 1.807) is 19.2 Å². The SMILES string of the molecule is CNc1ccc(-c2cccc(F)c2F)nn1. The fourth-order valence-corrected chi connectivity index (χ4v) is 1.31. The molecular formula is C11H9F2N3. The van der Waals surface area contributed by atoms with Crippen molar-refractivity contribution in [2.45, 2.75) is 0 Å². The van der Waals surface area contributed by atoms with Crippen LogP contribution in [0, 0.1) is 11.6 Å². The lowest BCUT2D eigenvalue weighted by Gasteiger charge is -2.03. The Hall–Kier alpha value is -2.04. The topological polar surface area (TPSA) is 37.8 Å². The molecule has 0 radical (unpaired) electrons. The Bertz CT molecular complexity index is 497. The molecule has 1 aromatic carbocycles. The number of nitrogens with zero attached hydrogens (tertiary/aromatic N) is 2. The zero-order valence-corrected chi connectivity index (χ0v) is 8.54. The van der Waals surface area contributed by atoms with Gasteiger partial charge in [-0.1, -0.05) is 6.07 Å². The van der Waals surface area contributed by atoms with Gasteiger partial charge in [0.2, 0.25) is 0 Å². The molecule has 1 N–H and O–H groups in total. The molecule has 0 bridgehead atoms. The van der Waals surface area contributed by atoms with Gasteiger partial charge in [-0.05, 0) is 24.3 Å². The predicted octanol–water partition coefficient (Wildman–Crippen LogP) is 2.46. The van der Waals surface area contributed by atoms with E-state index in [1.807, 2.05) is 0 Å². The van der Waals surface area contributed by atoms with Gasteiger partial charge in [0.1, 0.15) is 5.82 Å². The molecule has 1 heterocycles. The smallest absolute Gasteiger partial charge is 0.168 e. The van der Waals surface area contributed by atoms with Crippen molar-refractivity contribution in [3.8, 4) is 11.3 Å². The van der Waals surface area contributed by atoms with Crippen molar-refractivity contribution >= 4 is 5.82 Å². The molecule has 16 heavy (non-hydrogen) atoms. The zero-order chi connectivity index (χ0) is 11.5. The molecule has 2 rings (SSSR count). The van der Waals surface area contributed by atoms with E-state index >= 15 is 0 Å². The van der Waals surface area contributed by atoms with Crippen LogP contribution in [-0.2, 0) is 0 Å². The Balaban J connectivity index is 2.46. The van der Waals surface area contributed by atoms with Crippen molar-refractivity contribution in [1.82, 2.24) is 10.2 Å². The molecule has 0 aliphatic rings. The summed E-state index contributed by atoms with van der Waals surface area (Å²) in [6.45, 7) is 0. The highest BCUT2D eigenvalue weighted by atomic mass is 19.2. The maximum absolute atomic E-state index is 13.4. The number of halogens is 2. The second kappa shape index (κ2) is 4.22. The van der Waals surface area contributed by atoms with Crippen LogP contribution >= 0.6 is 0 Å². The van der Waals surface area contributed by atoms with Crippen molar-refractivity contribution < 1.29 is 8.78 Å². The van der Waals surface area contributed by atoms with Gasteiger partial charge in [0.25, 0.3) is 0 Å². The first kappa shape index (κ1) is 10.5. The van der Waals surface area contributed by atoms with Crippen molar-refractivity contribution in [2.75, 3.05) is 12.4 Å². The summed E-state index contributed by atoms with van der Waals surface area (Å²) in [7, 11) is 1.70. The Morgan fingerprint density at radius 1 is 1.06 bits per heavy atom. The van der Waals surface area contributed by atoms with Gasteiger partial charge in [-0.2, -0.15) is 0 Å². The third-order valence-corrected chi connectivity index (χ3v) is 2.15. The Morgan fingerprint density at radius 3 is 2.50 bits per heavy atom. The summed E-state index contributed by atoms with van der Waals surface area (Å²) in [4.78, 5) is 0. The molecule has 0 aliphatic carbocycles. The normalized spacial score (nSPS) is 10.2. The van der Waals surface area contributed by atoms with Gasteiger partial charge in [-0.3, -0.25) is 0 Å². The van der Waals surface area contributed by atoms with Crippen LogP contribution in [-0.4, -0.2) is 17.2 Å². The standard InChI is InChI=1S/C11H9F2N3/c1-14-10-6-5-9(15-16-10)7-3-2-4-8(12)11(7)13/h2-6H,1H3,(H,14,16). The lowest BCUT2D eigenvalue weighted by molar-refractivity contribution is 0.511. The highest BCUT2D eigenvalue weighted by Gasteiger charge is 2.10. The Labute approximate surface area is 91.1 Å². The molecule has 82 valence electrons. The predicted molar refractivity (Wildman–Crippen MR) is 56.9 cm³/mol. The first-order valence-electron chi connectivity index (χ1n) is 4.68. The number of aromatic nitrogens is 2. The number of hydrogen-bond donors (Lipinski definition) is 1. The van der Waals surface area contributed by atoms with Gasteiger partial charge in [0.15, 0.2) is 11.6 Å². The molecule has 0 saturated heterocycles. The quantitative estimate of drug-likeness (QED) is 0.846. The average Bonchev–Trinajstić information content (AvgIpc) is 2.33. The van der Waals surface area contributed by atoms with E-state index in [-0.39, 0.29) is 5.56 Å². The van der Waals surface area contributed by atoms with Crippen LogP contribution in [0.1, 0.15) is 0 Å². The first-order chi connectivity index (χ1) is 7.72. The summed E-state index contributed by atoms with van der Waals surface area (Å²) in [5, 5.41) is 10.4.